The zero-order chi connectivity index (χ0) is 14.2. The van der Waals surface area contributed by atoms with Gasteiger partial charge in [-0.15, -0.1) is 0 Å². The van der Waals surface area contributed by atoms with Crippen LogP contribution in [0.15, 0.2) is 30.3 Å². The Labute approximate surface area is 106 Å². The number of hydrogen-bond acceptors (Lipinski definition) is 2. The minimum absolute atomic E-state index is 0.0325. The van der Waals surface area contributed by atoms with Gasteiger partial charge in [0.25, 0.3) is 0 Å². The average Bonchev–Trinajstić information content (AvgIpc) is 2.70. The largest absolute Gasteiger partial charge is 0.477 e. The van der Waals surface area contributed by atoms with Crippen molar-refractivity contribution in [3.05, 3.63) is 41.6 Å². The van der Waals surface area contributed by atoms with E-state index in [4.69, 9.17) is 5.11 Å². The Morgan fingerprint density at radius 1 is 1.26 bits per heavy atom. The Morgan fingerprint density at radius 3 is 2.26 bits per heavy atom. The Bertz CT molecular complexity index is 615. The van der Waals surface area contributed by atoms with Crippen molar-refractivity contribution < 1.29 is 23.1 Å². The number of benzene rings is 1. The van der Waals surface area contributed by atoms with Crippen LogP contribution in [0.25, 0.3) is 11.3 Å². The number of aromatic nitrogens is 2. The van der Waals surface area contributed by atoms with E-state index in [0.717, 1.165) is 16.8 Å². The molecule has 1 aromatic carbocycles. The molecular formula is C12H9F3N2O2. The van der Waals surface area contributed by atoms with Crippen molar-refractivity contribution in [2.45, 2.75) is 6.18 Å². The Balaban J connectivity index is 2.38. The van der Waals surface area contributed by atoms with Gasteiger partial charge in [-0.25, -0.2) is 4.79 Å². The first-order chi connectivity index (χ1) is 8.79. The lowest BCUT2D eigenvalue weighted by molar-refractivity contribution is -0.137. The number of carboxylic acid groups (broad SMARTS) is 1. The quantitative estimate of drug-likeness (QED) is 0.912. The second-order valence-corrected chi connectivity index (χ2v) is 3.92. The SMILES string of the molecule is Cn1nc(-c2ccc(C(F)(F)F)cc2)cc1C(=O)O. The maximum Gasteiger partial charge on any atom is 0.416 e. The lowest BCUT2D eigenvalue weighted by Crippen LogP contribution is -2.04. The van der Waals surface area contributed by atoms with E-state index in [0.29, 0.717) is 11.3 Å². The Hall–Kier alpha value is -2.31. The van der Waals surface area contributed by atoms with Crippen LogP contribution in [0.3, 0.4) is 0 Å². The zero-order valence-electron chi connectivity index (χ0n) is 9.77. The number of halogens is 3. The minimum atomic E-state index is -4.39. The summed E-state index contributed by atoms with van der Waals surface area (Å²) in [6, 6.07) is 5.70. The highest BCUT2D eigenvalue weighted by molar-refractivity contribution is 5.87. The van der Waals surface area contributed by atoms with Crippen molar-refractivity contribution in [2.24, 2.45) is 7.05 Å². The molecule has 2 aromatic rings. The van der Waals surface area contributed by atoms with Crippen molar-refractivity contribution in [3.63, 3.8) is 0 Å². The van der Waals surface area contributed by atoms with Crippen LogP contribution in [0, 0.1) is 0 Å². The summed E-state index contributed by atoms with van der Waals surface area (Å²) in [6.45, 7) is 0. The van der Waals surface area contributed by atoms with E-state index < -0.39 is 17.7 Å². The molecule has 0 aliphatic carbocycles. The molecule has 19 heavy (non-hydrogen) atoms. The van der Waals surface area contributed by atoms with Gasteiger partial charge in [0.2, 0.25) is 0 Å². The van der Waals surface area contributed by atoms with Gasteiger partial charge in [0.05, 0.1) is 11.3 Å². The van der Waals surface area contributed by atoms with Gasteiger partial charge in [-0.05, 0) is 18.2 Å². The van der Waals surface area contributed by atoms with E-state index in [-0.39, 0.29) is 5.69 Å². The van der Waals surface area contributed by atoms with Gasteiger partial charge in [0, 0.05) is 12.6 Å². The summed E-state index contributed by atoms with van der Waals surface area (Å²) in [5, 5.41) is 12.8. The standard InChI is InChI=1S/C12H9F3N2O2/c1-17-10(11(18)19)6-9(16-17)7-2-4-8(5-3-7)12(13,14)15/h2-6H,1H3,(H,18,19). The van der Waals surface area contributed by atoms with Crippen molar-refractivity contribution >= 4 is 5.97 Å². The molecule has 7 heteroatoms. The molecule has 0 bridgehead atoms. The lowest BCUT2D eigenvalue weighted by Gasteiger charge is -2.06. The number of aromatic carboxylic acids is 1. The third-order valence-electron chi connectivity index (χ3n) is 2.61. The van der Waals surface area contributed by atoms with Crippen LogP contribution in [-0.2, 0) is 13.2 Å². The lowest BCUT2D eigenvalue weighted by atomic mass is 10.1. The first-order valence-electron chi connectivity index (χ1n) is 5.24. The molecule has 0 amide bonds. The van der Waals surface area contributed by atoms with Crippen molar-refractivity contribution in [1.29, 1.82) is 0 Å². The highest BCUT2D eigenvalue weighted by atomic mass is 19.4. The number of nitrogens with zero attached hydrogens (tertiary/aromatic N) is 2. The predicted molar refractivity (Wildman–Crippen MR) is 60.6 cm³/mol. The molecule has 0 atom stereocenters. The van der Waals surface area contributed by atoms with Crippen LogP contribution in [-0.4, -0.2) is 20.9 Å². The highest BCUT2D eigenvalue weighted by Gasteiger charge is 2.30. The summed E-state index contributed by atoms with van der Waals surface area (Å²) in [4.78, 5) is 10.8. The van der Waals surface area contributed by atoms with E-state index >= 15 is 0 Å². The Morgan fingerprint density at radius 2 is 1.84 bits per heavy atom. The van der Waals surface area contributed by atoms with Crippen LogP contribution in [0.1, 0.15) is 16.1 Å². The van der Waals surface area contributed by atoms with Gasteiger partial charge in [-0.1, -0.05) is 12.1 Å². The second-order valence-electron chi connectivity index (χ2n) is 3.92. The molecule has 0 aliphatic rings. The van der Waals surface area contributed by atoms with Crippen LogP contribution < -0.4 is 0 Å². The normalized spacial score (nSPS) is 11.6. The molecule has 0 saturated carbocycles. The Kier molecular flexibility index (Phi) is 3.05. The number of rotatable bonds is 2. The molecule has 2 rings (SSSR count). The summed E-state index contributed by atoms with van der Waals surface area (Å²) in [6.07, 6.45) is -4.39. The van der Waals surface area contributed by atoms with Gasteiger partial charge in [-0.2, -0.15) is 18.3 Å². The van der Waals surface area contributed by atoms with Crippen LogP contribution >= 0.6 is 0 Å². The summed E-state index contributed by atoms with van der Waals surface area (Å²) in [7, 11) is 1.46. The van der Waals surface area contributed by atoms with Crippen molar-refractivity contribution in [3.8, 4) is 11.3 Å². The molecule has 4 nitrogen and oxygen atoms in total. The highest BCUT2D eigenvalue weighted by Crippen LogP contribution is 2.30. The summed E-state index contributed by atoms with van der Waals surface area (Å²) in [5.41, 5.74) is -0.0507. The fraction of sp³-hybridized carbons (Fsp3) is 0.167. The molecule has 0 spiro atoms. The van der Waals surface area contributed by atoms with Crippen LogP contribution in [0.2, 0.25) is 0 Å². The fourth-order valence-electron chi connectivity index (χ4n) is 1.64. The molecule has 0 radical (unpaired) electrons. The zero-order valence-corrected chi connectivity index (χ0v) is 9.77. The topological polar surface area (TPSA) is 55.1 Å². The van der Waals surface area contributed by atoms with Gasteiger partial charge in [0.1, 0.15) is 5.69 Å². The number of hydrogen-bond donors (Lipinski definition) is 1. The van der Waals surface area contributed by atoms with Gasteiger partial charge in [-0.3, -0.25) is 4.68 Å². The molecule has 1 N–H and O–H groups in total. The van der Waals surface area contributed by atoms with Gasteiger partial charge < -0.3 is 5.11 Å². The number of carboxylic acids is 1. The average molecular weight is 270 g/mol. The van der Waals surface area contributed by atoms with Crippen molar-refractivity contribution in [2.75, 3.05) is 0 Å². The first-order valence-corrected chi connectivity index (χ1v) is 5.24. The van der Waals surface area contributed by atoms with Gasteiger partial charge >= 0.3 is 12.1 Å². The maximum atomic E-state index is 12.4. The van der Waals surface area contributed by atoms with Crippen molar-refractivity contribution in [1.82, 2.24) is 9.78 Å². The van der Waals surface area contributed by atoms with Crippen LogP contribution in [0.5, 0.6) is 0 Å². The summed E-state index contributed by atoms with van der Waals surface area (Å²) in [5.74, 6) is -1.15. The smallest absolute Gasteiger partial charge is 0.416 e. The summed E-state index contributed by atoms with van der Waals surface area (Å²) >= 11 is 0. The van der Waals surface area contributed by atoms with E-state index in [1.165, 1.54) is 25.2 Å². The fourth-order valence-corrected chi connectivity index (χ4v) is 1.64. The molecule has 0 fully saturated rings. The molecular weight excluding hydrogens is 261 g/mol. The third kappa shape index (κ3) is 2.59. The van der Waals surface area contributed by atoms with E-state index in [2.05, 4.69) is 5.10 Å². The monoisotopic (exact) mass is 270 g/mol. The number of carbonyl (C=O) groups is 1. The van der Waals surface area contributed by atoms with Gasteiger partial charge in [0.15, 0.2) is 0 Å². The second kappa shape index (κ2) is 4.42. The van der Waals surface area contributed by atoms with E-state index in [1.54, 1.807) is 0 Å². The predicted octanol–water partition coefficient (Wildman–Crippen LogP) is 2.80. The first kappa shape index (κ1) is 13.1. The molecule has 1 aromatic heterocycles. The number of alkyl halides is 3. The molecule has 0 aliphatic heterocycles. The molecule has 1 heterocycles. The van der Waals surface area contributed by atoms with E-state index in [1.807, 2.05) is 0 Å². The minimum Gasteiger partial charge on any atom is -0.477 e. The third-order valence-corrected chi connectivity index (χ3v) is 2.61. The molecule has 0 unspecified atom stereocenters. The molecule has 100 valence electrons. The number of aryl methyl sites for hydroxylation is 1. The molecule has 0 saturated heterocycles. The maximum absolute atomic E-state index is 12.4. The summed E-state index contributed by atoms with van der Waals surface area (Å²) < 4.78 is 38.4. The van der Waals surface area contributed by atoms with E-state index in [9.17, 15) is 18.0 Å². The van der Waals surface area contributed by atoms with Crippen LogP contribution in [0.4, 0.5) is 13.2 Å².